The molecule has 0 amide bonds. The summed E-state index contributed by atoms with van der Waals surface area (Å²) < 4.78 is 21.9. The zero-order chi connectivity index (χ0) is 17.5. The van der Waals surface area contributed by atoms with Crippen LogP contribution in [0.4, 0.5) is 0 Å². The van der Waals surface area contributed by atoms with Crippen LogP contribution < -0.4 is 0 Å². The molecule has 0 N–H and O–H groups in total. The van der Waals surface area contributed by atoms with Gasteiger partial charge in [0.25, 0.3) is 0 Å². The number of hydrogen-bond acceptors (Lipinski definition) is 4. The van der Waals surface area contributed by atoms with Crippen LogP contribution in [0.25, 0.3) is 0 Å². The summed E-state index contributed by atoms with van der Waals surface area (Å²) in [5.74, 6) is -0.563. The van der Waals surface area contributed by atoms with Gasteiger partial charge in [0.05, 0.1) is 13.2 Å². The molecule has 0 radical (unpaired) electrons. The number of allylic oxidation sites excluding steroid dienone is 1. The summed E-state index contributed by atoms with van der Waals surface area (Å²) in [5.41, 5.74) is 0. The zero-order valence-electron chi connectivity index (χ0n) is 16.1. The molecule has 0 aromatic heterocycles. The summed E-state index contributed by atoms with van der Waals surface area (Å²) in [7, 11) is 3.46. The molecule has 142 valence electrons. The molecule has 1 rings (SSSR count). The number of hydrogen-bond donors (Lipinski definition) is 0. The van der Waals surface area contributed by atoms with E-state index in [1.807, 2.05) is 0 Å². The van der Waals surface area contributed by atoms with Crippen LogP contribution in [0.3, 0.4) is 0 Å². The predicted octanol–water partition coefficient (Wildman–Crippen LogP) is 4.87. The lowest BCUT2D eigenvalue weighted by molar-refractivity contribution is -0.175. The van der Waals surface area contributed by atoms with Crippen LogP contribution in [0, 0.1) is 0 Å². The first kappa shape index (κ1) is 21.6. The summed E-state index contributed by atoms with van der Waals surface area (Å²) in [6.45, 7) is 4.64. The first-order valence-electron chi connectivity index (χ1n) is 9.73. The van der Waals surface area contributed by atoms with Crippen LogP contribution in [0.1, 0.15) is 71.1 Å². The van der Waals surface area contributed by atoms with Gasteiger partial charge in [-0.15, -0.1) is 0 Å². The summed E-state index contributed by atoms with van der Waals surface area (Å²) >= 11 is 0. The van der Waals surface area contributed by atoms with Crippen molar-refractivity contribution in [2.45, 2.75) is 83.0 Å². The van der Waals surface area contributed by atoms with Crippen LogP contribution in [-0.2, 0) is 18.9 Å². The molecule has 1 unspecified atom stereocenters. The molecule has 0 spiro atoms. The molecule has 1 heterocycles. The molecule has 0 aromatic rings. The van der Waals surface area contributed by atoms with Gasteiger partial charge in [-0.05, 0) is 25.3 Å². The van der Waals surface area contributed by atoms with Crippen molar-refractivity contribution in [3.63, 3.8) is 0 Å². The molecule has 0 bridgehead atoms. The SMILES string of the molecule is CCCCCCCCCC(C=CCCCOCC1CO1)(OC)OC. The van der Waals surface area contributed by atoms with E-state index in [4.69, 9.17) is 18.9 Å². The molecular formula is C20H38O4. The van der Waals surface area contributed by atoms with Gasteiger partial charge in [0.2, 0.25) is 0 Å². The quantitative estimate of drug-likeness (QED) is 0.164. The number of rotatable bonds is 17. The van der Waals surface area contributed by atoms with E-state index in [0.29, 0.717) is 6.10 Å². The van der Waals surface area contributed by atoms with E-state index in [1.54, 1.807) is 14.2 Å². The minimum atomic E-state index is -0.563. The monoisotopic (exact) mass is 342 g/mol. The minimum Gasteiger partial charge on any atom is -0.379 e. The molecule has 4 heteroatoms. The second-order valence-electron chi connectivity index (χ2n) is 6.67. The molecule has 4 nitrogen and oxygen atoms in total. The molecular weight excluding hydrogens is 304 g/mol. The van der Waals surface area contributed by atoms with Crippen molar-refractivity contribution in [2.75, 3.05) is 34.0 Å². The molecule has 0 aliphatic carbocycles. The van der Waals surface area contributed by atoms with Gasteiger partial charge in [-0.3, -0.25) is 0 Å². The zero-order valence-corrected chi connectivity index (χ0v) is 16.1. The molecule has 1 saturated heterocycles. The normalized spacial score (nSPS) is 17.7. The standard InChI is InChI=1S/C20H38O4/c1-4-5-6-7-8-9-11-14-20(21-2,22-3)15-12-10-13-16-23-17-19-18-24-19/h12,15,19H,4-11,13-14,16-18H2,1-3H3. The number of unbranched alkanes of at least 4 members (excludes halogenated alkanes) is 7. The van der Waals surface area contributed by atoms with E-state index in [1.165, 1.54) is 38.5 Å². The second kappa shape index (κ2) is 13.8. The Kier molecular flexibility index (Phi) is 12.5. The smallest absolute Gasteiger partial charge is 0.187 e. The summed E-state index contributed by atoms with van der Waals surface area (Å²) in [6, 6.07) is 0. The Morgan fingerprint density at radius 3 is 2.29 bits per heavy atom. The largest absolute Gasteiger partial charge is 0.379 e. The van der Waals surface area contributed by atoms with Gasteiger partial charge in [-0.2, -0.15) is 0 Å². The molecule has 1 atom stereocenters. The van der Waals surface area contributed by atoms with Crippen LogP contribution in [0.5, 0.6) is 0 Å². The maximum absolute atomic E-state index is 5.64. The highest BCUT2D eigenvalue weighted by Gasteiger charge is 2.25. The predicted molar refractivity (Wildman–Crippen MR) is 98.3 cm³/mol. The third-order valence-corrected chi connectivity index (χ3v) is 4.56. The van der Waals surface area contributed by atoms with Gasteiger partial charge >= 0.3 is 0 Å². The lowest BCUT2D eigenvalue weighted by atomic mass is 10.0. The molecule has 1 fully saturated rings. The van der Waals surface area contributed by atoms with E-state index < -0.39 is 5.79 Å². The van der Waals surface area contributed by atoms with Crippen LogP contribution in [0.2, 0.25) is 0 Å². The van der Waals surface area contributed by atoms with E-state index in [9.17, 15) is 0 Å². The van der Waals surface area contributed by atoms with Crippen molar-refractivity contribution < 1.29 is 18.9 Å². The molecule has 0 saturated carbocycles. The van der Waals surface area contributed by atoms with Crippen molar-refractivity contribution >= 4 is 0 Å². The Balaban J connectivity index is 2.10. The Labute approximate surface area is 148 Å². The molecule has 0 aromatic carbocycles. The third kappa shape index (κ3) is 10.4. The Morgan fingerprint density at radius 2 is 1.67 bits per heavy atom. The number of methoxy groups -OCH3 is 2. The van der Waals surface area contributed by atoms with Crippen molar-refractivity contribution in [1.29, 1.82) is 0 Å². The molecule has 1 aliphatic rings. The van der Waals surface area contributed by atoms with E-state index in [-0.39, 0.29) is 0 Å². The summed E-state index contributed by atoms with van der Waals surface area (Å²) in [4.78, 5) is 0. The third-order valence-electron chi connectivity index (χ3n) is 4.56. The van der Waals surface area contributed by atoms with E-state index in [0.717, 1.165) is 45.5 Å². The average molecular weight is 343 g/mol. The van der Waals surface area contributed by atoms with Crippen molar-refractivity contribution in [3.8, 4) is 0 Å². The Bertz CT molecular complexity index is 309. The highest BCUT2D eigenvalue weighted by Crippen LogP contribution is 2.23. The fraction of sp³-hybridized carbons (Fsp3) is 0.900. The van der Waals surface area contributed by atoms with Gasteiger partial charge in [0.1, 0.15) is 6.10 Å². The van der Waals surface area contributed by atoms with E-state index in [2.05, 4.69) is 19.1 Å². The Hall–Kier alpha value is -0.420. The molecule has 24 heavy (non-hydrogen) atoms. The second-order valence-corrected chi connectivity index (χ2v) is 6.67. The molecule has 1 aliphatic heterocycles. The van der Waals surface area contributed by atoms with Gasteiger partial charge in [-0.25, -0.2) is 0 Å². The summed E-state index contributed by atoms with van der Waals surface area (Å²) in [5, 5.41) is 0. The first-order valence-corrected chi connectivity index (χ1v) is 9.73. The van der Waals surface area contributed by atoms with Crippen LogP contribution in [0.15, 0.2) is 12.2 Å². The fourth-order valence-corrected chi connectivity index (χ4v) is 2.78. The Morgan fingerprint density at radius 1 is 1.00 bits per heavy atom. The fourth-order valence-electron chi connectivity index (χ4n) is 2.78. The highest BCUT2D eigenvalue weighted by atomic mass is 16.7. The van der Waals surface area contributed by atoms with Crippen LogP contribution in [-0.4, -0.2) is 45.9 Å². The van der Waals surface area contributed by atoms with E-state index >= 15 is 0 Å². The van der Waals surface area contributed by atoms with Crippen molar-refractivity contribution in [2.24, 2.45) is 0 Å². The van der Waals surface area contributed by atoms with Gasteiger partial charge in [0, 0.05) is 27.2 Å². The van der Waals surface area contributed by atoms with Gasteiger partial charge in [-0.1, -0.05) is 51.5 Å². The van der Waals surface area contributed by atoms with Gasteiger partial charge in [0.15, 0.2) is 5.79 Å². The van der Waals surface area contributed by atoms with Gasteiger partial charge < -0.3 is 18.9 Å². The lowest BCUT2D eigenvalue weighted by Crippen LogP contribution is -2.31. The lowest BCUT2D eigenvalue weighted by Gasteiger charge is -2.27. The topological polar surface area (TPSA) is 40.2 Å². The average Bonchev–Trinajstić information content (AvgIpc) is 3.43. The first-order chi connectivity index (χ1) is 11.8. The highest BCUT2D eigenvalue weighted by molar-refractivity contribution is 4.96. The number of epoxide rings is 1. The maximum atomic E-state index is 5.64. The minimum absolute atomic E-state index is 0.358. The maximum Gasteiger partial charge on any atom is 0.187 e. The van der Waals surface area contributed by atoms with Crippen molar-refractivity contribution in [3.05, 3.63) is 12.2 Å². The van der Waals surface area contributed by atoms with Crippen LogP contribution >= 0.6 is 0 Å². The summed E-state index contributed by atoms with van der Waals surface area (Å²) in [6.07, 6.45) is 16.6. The number of ether oxygens (including phenoxy) is 4. The van der Waals surface area contributed by atoms with Crippen molar-refractivity contribution in [1.82, 2.24) is 0 Å².